The van der Waals surface area contributed by atoms with Crippen LogP contribution in [0.5, 0.6) is 0 Å². The Bertz CT molecular complexity index is 702. The first-order chi connectivity index (χ1) is 8.86. The second-order valence-electron chi connectivity index (χ2n) is 4.02. The molecule has 0 amide bonds. The maximum absolute atomic E-state index is 10.1. The summed E-state index contributed by atoms with van der Waals surface area (Å²) in [4.78, 5) is 17.1. The maximum atomic E-state index is 10.1. The lowest BCUT2D eigenvalue weighted by molar-refractivity contribution is 0.565. The summed E-state index contributed by atoms with van der Waals surface area (Å²) >= 11 is 0. The fraction of sp³-hybridized carbons (Fsp3) is 0. The molecule has 3 aromatic rings. The van der Waals surface area contributed by atoms with E-state index < -0.39 is 0 Å². The van der Waals surface area contributed by atoms with E-state index in [2.05, 4.69) is 22.1 Å². The molecule has 0 fully saturated rings. The number of benzene rings is 2. The topological polar surface area (TPSA) is 45.2 Å². The van der Waals surface area contributed by atoms with Crippen LogP contribution in [-0.4, -0.2) is 11.1 Å². The van der Waals surface area contributed by atoms with E-state index in [4.69, 9.17) is 0 Å². The second-order valence-corrected chi connectivity index (χ2v) is 4.02. The largest absolute Gasteiger partial charge is 0.355 e. The van der Waals surface area contributed by atoms with Crippen LogP contribution in [0.25, 0.3) is 22.2 Å². The Balaban J connectivity index is 2.05. The van der Waals surface area contributed by atoms with E-state index in [-0.39, 0.29) is 0 Å². The second kappa shape index (κ2) is 4.32. The third-order valence-corrected chi connectivity index (χ3v) is 2.88. The molecule has 1 N–H and O–H groups in total. The van der Waals surface area contributed by atoms with Crippen molar-refractivity contribution < 1.29 is 4.79 Å². The first-order valence-electron chi connectivity index (χ1n) is 5.63. The van der Waals surface area contributed by atoms with Crippen LogP contribution in [0.2, 0.25) is 0 Å². The molecule has 0 aliphatic carbocycles. The van der Waals surface area contributed by atoms with Crippen molar-refractivity contribution in [3.05, 3.63) is 54.6 Å². The summed E-state index contributed by atoms with van der Waals surface area (Å²) in [6.45, 7) is 0. The van der Waals surface area contributed by atoms with Gasteiger partial charge >= 0.3 is 0 Å². The van der Waals surface area contributed by atoms with Crippen LogP contribution in [0.4, 0.5) is 5.69 Å². The molecular weight excluding hydrogens is 224 g/mol. The van der Waals surface area contributed by atoms with Gasteiger partial charge < -0.3 is 4.98 Å². The van der Waals surface area contributed by atoms with Crippen molar-refractivity contribution in [1.29, 1.82) is 0 Å². The highest BCUT2D eigenvalue weighted by molar-refractivity contribution is 5.85. The van der Waals surface area contributed by atoms with Gasteiger partial charge in [-0.05, 0) is 29.8 Å². The zero-order valence-corrected chi connectivity index (χ0v) is 9.55. The average Bonchev–Trinajstić information content (AvgIpc) is 2.84. The van der Waals surface area contributed by atoms with Gasteiger partial charge in [0, 0.05) is 16.6 Å². The lowest BCUT2D eigenvalue weighted by Crippen LogP contribution is -1.75. The molecule has 0 spiro atoms. The Labute approximate surface area is 104 Å². The Hall–Kier alpha value is -2.64. The van der Waals surface area contributed by atoms with Gasteiger partial charge in [0.1, 0.15) is 0 Å². The van der Waals surface area contributed by atoms with Crippen LogP contribution < -0.4 is 0 Å². The molecular formula is C15H10N2O. The Morgan fingerprint density at radius 3 is 2.50 bits per heavy atom. The van der Waals surface area contributed by atoms with E-state index in [0.29, 0.717) is 5.69 Å². The van der Waals surface area contributed by atoms with Gasteiger partial charge in [0.2, 0.25) is 6.08 Å². The molecule has 2 aromatic carbocycles. The molecule has 0 atom stereocenters. The van der Waals surface area contributed by atoms with Crippen molar-refractivity contribution in [2.45, 2.75) is 0 Å². The van der Waals surface area contributed by atoms with Crippen LogP contribution in [-0.2, 0) is 4.79 Å². The smallest absolute Gasteiger partial charge is 0.240 e. The van der Waals surface area contributed by atoms with Crippen molar-refractivity contribution in [2.24, 2.45) is 4.99 Å². The molecule has 18 heavy (non-hydrogen) atoms. The Morgan fingerprint density at radius 1 is 1.00 bits per heavy atom. The summed E-state index contributed by atoms with van der Waals surface area (Å²) in [5.41, 5.74) is 3.85. The number of isocyanates is 1. The average molecular weight is 234 g/mol. The number of rotatable bonds is 2. The highest BCUT2D eigenvalue weighted by Gasteiger charge is 2.02. The predicted octanol–water partition coefficient (Wildman–Crippen LogP) is 3.80. The van der Waals surface area contributed by atoms with Crippen LogP contribution in [0.3, 0.4) is 0 Å². The van der Waals surface area contributed by atoms with Gasteiger partial charge in [-0.1, -0.05) is 30.3 Å². The lowest BCUT2D eigenvalue weighted by atomic mass is 10.1. The number of carbonyl (C=O) groups excluding carboxylic acids is 1. The van der Waals surface area contributed by atoms with Crippen molar-refractivity contribution in [2.75, 3.05) is 0 Å². The quantitative estimate of drug-likeness (QED) is 0.532. The number of nitrogens with one attached hydrogen (secondary N) is 1. The van der Waals surface area contributed by atoms with Crippen molar-refractivity contribution in [1.82, 2.24) is 4.98 Å². The van der Waals surface area contributed by atoms with Crippen LogP contribution in [0, 0.1) is 0 Å². The highest BCUT2D eigenvalue weighted by Crippen LogP contribution is 2.25. The molecule has 0 bridgehead atoms. The van der Waals surface area contributed by atoms with Crippen molar-refractivity contribution in [3.8, 4) is 11.3 Å². The number of nitrogens with zero attached hydrogens (tertiary/aromatic N) is 1. The molecule has 86 valence electrons. The Morgan fingerprint density at radius 2 is 1.78 bits per heavy atom. The summed E-state index contributed by atoms with van der Waals surface area (Å²) in [5, 5.41) is 1.18. The number of aromatic nitrogens is 1. The highest BCUT2D eigenvalue weighted by atomic mass is 16.1. The molecule has 0 saturated heterocycles. The standard InChI is InChI=1S/C15H10N2O/c18-10-16-13-7-5-11(6-8-13)15-9-12-3-1-2-4-14(12)17-15/h1-9,17H. The third-order valence-electron chi connectivity index (χ3n) is 2.88. The lowest BCUT2D eigenvalue weighted by Gasteiger charge is -1.97. The van der Waals surface area contributed by atoms with Crippen molar-refractivity contribution in [3.63, 3.8) is 0 Å². The number of aliphatic imine (C=N–C) groups is 1. The minimum absolute atomic E-state index is 0.616. The summed E-state index contributed by atoms with van der Waals surface area (Å²) in [7, 11) is 0. The van der Waals surface area contributed by atoms with Gasteiger partial charge in [-0.25, -0.2) is 4.79 Å². The SMILES string of the molecule is O=C=Nc1ccc(-c2cc3ccccc3[nH]2)cc1. The summed E-state index contributed by atoms with van der Waals surface area (Å²) in [6, 6.07) is 17.7. The van der Waals surface area contributed by atoms with Gasteiger partial charge in [-0.15, -0.1) is 0 Å². The first kappa shape index (κ1) is 10.5. The van der Waals surface area contributed by atoms with Crippen LogP contribution >= 0.6 is 0 Å². The van der Waals surface area contributed by atoms with Gasteiger partial charge in [-0.2, -0.15) is 4.99 Å². The van der Waals surface area contributed by atoms with E-state index in [1.807, 2.05) is 30.3 Å². The number of para-hydroxylation sites is 1. The van der Waals surface area contributed by atoms with E-state index >= 15 is 0 Å². The summed E-state index contributed by atoms with van der Waals surface area (Å²) in [6.07, 6.45) is 1.53. The van der Waals surface area contributed by atoms with E-state index in [1.54, 1.807) is 12.1 Å². The molecule has 3 heteroatoms. The molecule has 0 radical (unpaired) electrons. The maximum Gasteiger partial charge on any atom is 0.240 e. The first-order valence-corrected chi connectivity index (χ1v) is 5.63. The molecule has 0 aliphatic rings. The normalized spacial score (nSPS) is 10.2. The molecule has 1 aromatic heterocycles. The third kappa shape index (κ3) is 1.83. The van der Waals surface area contributed by atoms with Crippen LogP contribution in [0.15, 0.2) is 59.6 Å². The fourth-order valence-corrected chi connectivity index (χ4v) is 2.00. The van der Waals surface area contributed by atoms with E-state index in [9.17, 15) is 4.79 Å². The predicted molar refractivity (Wildman–Crippen MR) is 71.5 cm³/mol. The van der Waals surface area contributed by atoms with Gasteiger partial charge in [-0.3, -0.25) is 0 Å². The summed E-state index contributed by atoms with van der Waals surface area (Å²) in [5.74, 6) is 0. The molecule has 0 unspecified atom stereocenters. The molecule has 1 heterocycles. The minimum atomic E-state index is 0.616. The number of hydrogen-bond donors (Lipinski definition) is 1. The Kier molecular flexibility index (Phi) is 2.52. The van der Waals surface area contributed by atoms with Crippen molar-refractivity contribution >= 4 is 22.7 Å². The molecule has 3 rings (SSSR count). The zero-order valence-electron chi connectivity index (χ0n) is 9.55. The number of H-pyrrole nitrogens is 1. The monoisotopic (exact) mass is 234 g/mol. The summed E-state index contributed by atoms with van der Waals surface area (Å²) < 4.78 is 0. The van der Waals surface area contributed by atoms with Gasteiger partial charge in [0.15, 0.2) is 0 Å². The molecule has 3 nitrogen and oxygen atoms in total. The molecule has 0 saturated carbocycles. The number of hydrogen-bond acceptors (Lipinski definition) is 2. The van der Waals surface area contributed by atoms with Gasteiger partial charge in [0.05, 0.1) is 5.69 Å². The minimum Gasteiger partial charge on any atom is -0.355 e. The number of aromatic amines is 1. The molecule has 0 aliphatic heterocycles. The van der Waals surface area contributed by atoms with E-state index in [0.717, 1.165) is 16.8 Å². The van der Waals surface area contributed by atoms with Crippen LogP contribution in [0.1, 0.15) is 0 Å². The fourth-order valence-electron chi connectivity index (χ4n) is 2.00. The zero-order chi connectivity index (χ0) is 12.4. The number of fused-ring (bicyclic) bond motifs is 1. The van der Waals surface area contributed by atoms with Gasteiger partial charge in [0.25, 0.3) is 0 Å². The van der Waals surface area contributed by atoms with E-state index in [1.165, 1.54) is 11.5 Å².